The van der Waals surface area contributed by atoms with Gasteiger partial charge in [-0.3, -0.25) is 9.69 Å². The molecule has 29 heavy (non-hydrogen) atoms. The Morgan fingerprint density at radius 3 is 2.38 bits per heavy atom. The van der Waals surface area contributed by atoms with E-state index in [1.54, 1.807) is 0 Å². The second-order valence-corrected chi connectivity index (χ2v) is 8.17. The molecule has 1 heterocycles. The SMILES string of the molecule is CCN(CC)c1ccc(CNC(=O)C2CCN(Cc3cccc(Cl)c3)CC2)cc1. The molecule has 1 aliphatic heterocycles. The minimum atomic E-state index is 0.112. The number of rotatable bonds is 8. The maximum absolute atomic E-state index is 12.6. The van der Waals surface area contributed by atoms with Crippen LogP contribution in [0.25, 0.3) is 0 Å². The van der Waals surface area contributed by atoms with E-state index in [1.807, 2.05) is 18.2 Å². The van der Waals surface area contributed by atoms with Crippen molar-refractivity contribution in [1.82, 2.24) is 10.2 Å². The summed E-state index contributed by atoms with van der Waals surface area (Å²) < 4.78 is 0. The Hall–Kier alpha value is -2.04. The van der Waals surface area contributed by atoms with Crippen molar-refractivity contribution < 1.29 is 4.79 Å². The summed E-state index contributed by atoms with van der Waals surface area (Å²) in [4.78, 5) is 17.3. The van der Waals surface area contributed by atoms with E-state index in [2.05, 4.69) is 59.3 Å². The van der Waals surface area contributed by atoms with Crippen LogP contribution in [0.1, 0.15) is 37.8 Å². The Kier molecular flexibility index (Phi) is 7.96. The Morgan fingerprint density at radius 1 is 1.07 bits per heavy atom. The topological polar surface area (TPSA) is 35.6 Å². The van der Waals surface area contributed by atoms with Crippen molar-refractivity contribution in [2.45, 2.75) is 39.8 Å². The normalized spacial score (nSPS) is 15.3. The van der Waals surface area contributed by atoms with E-state index in [1.165, 1.54) is 11.3 Å². The van der Waals surface area contributed by atoms with Crippen molar-refractivity contribution in [1.29, 1.82) is 0 Å². The molecule has 2 aromatic carbocycles. The zero-order valence-electron chi connectivity index (χ0n) is 17.5. The van der Waals surface area contributed by atoms with Crippen molar-refractivity contribution in [2.75, 3.05) is 31.1 Å². The van der Waals surface area contributed by atoms with Crippen LogP contribution in [0.3, 0.4) is 0 Å². The number of piperidine rings is 1. The smallest absolute Gasteiger partial charge is 0.223 e. The van der Waals surface area contributed by atoms with Crippen molar-refractivity contribution in [2.24, 2.45) is 5.92 Å². The Bertz CT molecular complexity index is 781. The number of benzene rings is 2. The van der Waals surface area contributed by atoms with E-state index in [-0.39, 0.29) is 11.8 Å². The van der Waals surface area contributed by atoms with Crippen LogP contribution >= 0.6 is 11.6 Å². The van der Waals surface area contributed by atoms with E-state index in [0.29, 0.717) is 6.54 Å². The molecule has 0 saturated carbocycles. The number of amides is 1. The zero-order valence-corrected chi connectivity index (χ0v) is 18.3. The first kappa shape index (κ1) is 21.7. The van der Waals surface area contributed by atoms with Gasteiger partial charge in [0.05, 0.1) is 0 Å². The van der Waals surface area contributed by atoms with Crippen LogP contribution in [0.5, 0.6) is 0 Å². The predicted molar refractivity (Wildman–Crippen MR) is 121 cm³/mol. The quantitative estimate of drug-likeness (QED) is 0.680. The summed E-state index contributed by atoms with van der Waals surface area (Å²) in [7, 11) is 0. The third kappa shape index (κ3) is 6.22. The molecule has 1 N–H and O–H groups in total. The van der Waals surface area contributed by atoms with Crippen molar-refractivity contribution >= 4 is 23.2 Å². The van der Waals surface area contributed by atoms with Crippen LogP contribution < -0.4 is 10.2 Å². The minimum absolute atomic E-state index is 0.112. The zero-order chi connectivity index (χ0) is 20.6. The van der Waals surface area contributed by atoms with Crippen LogP contribution in [-0.2, 0) is 17.9 Å². The second kappa shape index (κ2) is 10.7. The fraction of sp³-hybridized carbons (Fsp3) is 0.458. The van der Waals surface area contributed by atoms with E-state index < -0.39 is 0 Å². The van der Waals surface area contributed by atoms with Crippen LogP contribution in [0.4, 0.5) is 5.69 Å². The first-order chi connectivity index (χ1) is 14.1. The molecule has 1 saturated heterocycles. The number of halogens is 1. The molecule has 0 atom stereocenters. The molecule has 0 aliphatic carbocycles. The number of anilines is 1. The molecule has 156 valence electrons. The van der Waals surface area contributed by atoms with Gasteiger partial charge >= 0.3 is 0 Å². The molecule has 2 aromatic rings. The van der Waals surface area contributed by atoms with Gasteiger partial charge in [-0.1, -0.05) is 35.9 Å². The third-order valence-corrected chi connectivity index (χ3v) is 6.02. The summed E-state index contributed by atoms with van der Waals surface area (Å²) in [6, 6.07) is 16.5. The van der Waals surface area contributed by atoms with E-state index in [0.717, 1.165) is 56.2 Å². The lowest BCUT2D eigenvalue weighted by Crippen LogP contribution is -2.40. The van der Waals surface area contributed by atoms with Gasteiger partial charge in [0.2, 0.25) is 5.91 Å². The summed E-state index contributed by atoms with van der Waals surface area (Å²) in [6.45, 7) is 9.72. The van der Waals surface area contributed by atoms with Gasteiger partial charge in [-0.2, -0.15) is 0 Å². The fourth-order valence-electron chi connectivity index (χ4n) is 3.99. The van der Waals surface area contributed by atoms with Crippen molar-refractivity contribution in [3.05, 3.63) is 64.7 Å². The van der Waals surface area contributed by atoms with Gasteiger partial charge in [0.1, 0.15) is 0 Å². The average Bonchev–Trinajstić information content (AvgIpc) is 2.74. The molecule has 5 heteroatoms. The van der Waals surface area contributed by atoms with Gasteiger partial charge in [0, 0.05) is 42.8 Å². The van der Waals surface area contributed by atoms with E-state index >= 15 is 0 Å². The average molecular weight is 414 g/mol. The van der Waals surface area contributed by atoms with Crippen LogP contribution in [0.15, 0.2) is 48.5 Å². The summed E-state index contributed by atoms with van der Waals surface area (Å²) >= 11 is 6.08. The number of hydrogen-bond acceptors (Lipinski definition) is 3. The van der Waals surface area contributed by atoms with Gasteiger partial charge in [0.15, 0.2) is 0 Å². The Morgan fingerprint density at radius 2 is 1.76 bits per heavy atom. The summed E-state index contributed by atoms with van der Waals surface area (Å²) in [5, 5.41) is 3.91. The number of likely N-dealkylation sites (tertiary alicyclic amines) is 1. The van der Waals surface area contributed by atoms with Gasteiger partial charge in [-0.15, -0.1) is 0 Å². The highest BCUT2D eigenvalue weighted by atomic mass is 35.5. The summed E-state index contributed by atoms with van der Waals surface area (Å²) in [6.07, 6.45) is 1.82. The molecule has 0 unspecified atom stereocenters. The molecule has 3 rings (SSSR count). The highest BCUT2D eigenvalue weighted by Crippen LogP contribution is 2.21. The van der Waals surface area contributed by atoms with E-state index in [4.69, 9.17) is 11.6 Å². The van der Waals surface area contributed by atoms with Crippen LogP contribution in [0, 0.1) is 5.92 Å². The lowest BCUT2D eigenvalue weighted by Gasteiger charge is -2.31. The molecule has 4 nitrogen and oxygen atoms in total. The molecular weight excluding hydrogens is 382 g/mol. The number of nitrogens with zero attached hydrogens (tertiary/aromatic N) is 2. The van der Waals surface area contributed by atoms with Crippen molar-refractivity contribution in [3.63, 3.8) is 0 Å². The first-order valence-corrected chi connectivity index (χ1v) is 11.0. The van der Waals surface area contributed by atoms with Crippen LogP contribution in [0.2, 0.25) is 5.02 Å². The summed E-state index contributed by atoms with van der Waals surface area (Å²) in [5.41, 5.74) is 3.61. The maximum Gasteiger partial charge on any atom is 0.223 e. The molecule has 0 radical (unpaired) electrons. The summed E-state index contributed by atoms with van der Waals surface area (Å²) in [5.74, 6) is 0.292. The predicted octanol–water partition coefficient (Wildman–Crippen LogP) is 4.71. The standard InChI is InChI=1S/C24H32ClN3O/c1-3-28(4-2)23-10-8-19(9-11-23)17-26-24(29)21-12-14-27(15-13-21)18-20-6-5-7-22(25)16-20/h5-11,16,21H,3-4,12-15,17-18H2,1-2H3,(H,26,29). The number of carbonyl (C=O) groups excluding carboxylic acids is 1. The number of nitrogens with one attached hydrogen (secondary N) is 1. The molecule has 0 aromatic heterocycles. The monoisotopic (exact) mass is 413 g/mol. The highest BCUT2D eigenvalue weighted by molar-refractivity contribution is 6.30. The van der Waals surface area contributed by atoms with Crippen molar-refractivity contribution in [3.8, 4) is 0 Å². The molecule has 1 aliphatic rings. The van der Waals surface area contributed by atoms with Crippen LogP contribution in [-0.4, -0.2) is 37.0 Å². The Labute approximate surface area is 179 Å². The molecular formula is C24H32ClN3O. The Balaban J connectivity index is 1.43. The molecule has 1 fully saturated rings. The second-order valence-electron chi connectivity index (χ2n) is 7.74. The fourth-order valence-corrected chi connectivity index (χ4v) is 4.21. The molecule has 0 bridgehead atoms. The van der Waals surface area contributed by atoms with Gasteiger partial charge in [-0.05, 0) is 75.2 Å². The lowest BCUT2D eigenvalue weighted by atomic mass is 9.95. The highest BCUT2D eigenvalue weighted by Gasteiger charge is 2.24. The molecule has 1 amide bonds. The van der Waals surface area contributed by atoms with Gasteiger partial charge in [-0.25, -0.2) is 0 Å². The first-order valence-electron chi connectivity index (χ1n) is 10.7. The third-order valence-electron chi connectivity index (χ3n) is 5.79. The maximum atomic E-state index is 12.6. The van der Waals surface area contributed by atoms with Gasteiger partial charge < -0.3 is 10.2 Å². The number of hydrogen-bond donors (Lipinski definition) is 1. The van der Waals surface area contributed by atoms with Gasteiger partial charge in [0.25, 0.3) is 0 Å². The molecule has 0 spiro atoms. The minimum Gasteiger partial charge on any atom is -0.372 e. The lowest BCUT2D eigenvalue weighted by molar-refractivity contribution is -0.126. The number of carbonyl (C=O) groups is 1. The van der Waals surface area contributed by atoms with E-state index in [9.17, 15) is 4.79 Å². The largest absolute Gasteiger partial charge is 0.372 e.